The van der Waals surface area contributed by atoms with Crippen molar-refractivity contribution in [2.24, 2.45) is 0 Å². The normalized spacial score (nSPS) is 12.0. The minimum atomic E-state index is -0.216. The summed E-state index contributed by atoms with van der Waals surface area (Å²) < 4.78 is 0. The standard InChI is InChI=1S/C15H13Cl3N2O/c1-9(11-4-3-10(16)7-13(11)17)20(2)15(21)12-5-6-19-8-14(12)18/h3-9H,1-2H3. The molecule has 1 heterocycles. The number of halogens is 3. The van der Waals surface area contributed by atoms with Crippen LogP contribution in [0.1, 0.15) is 28.9 Å². The summed E-state index contributed by atoms with van der Waals surface area (Å²) in [7, 11) is 1.70. The summed E-state index contributed by atoms with van der Waals surface area (Å²) in [6, 6.07) is 6.60. The van der Waals surface area contributed by atoms with Crippen molar-refractivity contribution in [3.8, 4) is 0 Å². The molecule has 21 heavy (non-hydrogen) atoms. The van der Waals surface area contributed by atoms with E-state index in [-0.39, 0.29) is 11.9 Å². The number of nitrogens with zero attached hydrogens (tertiary/aromatic N) is 2. The van der Waals surface area contributed by atoms with E-state index < -0.39 is 0 Å². The molecule has 6 heteroatoms. The Morgan fingerprint density at radius 3 is 2.52 bits per heavy atom. The Morgan fingerprint density at radius 1 is 1.19 bits per heavy atom. The summed E-state index contributed by atoms with van der Waals surface area (Å²) in [6.07, 6.45) is 2.98. The maximum absolute atomic E-state index is 12.5. The third-order valence-corrected chi connectivity index (χ3v) is 4.18. The van der Waals surface area contributed by atoms with E-state index in [1.165, 1.54) is 12.4 Å². The molecule has 0 saturated heterocycles. The van der Waals surface area contributed by atoms with Crippen molar-refractivity contribution in [2.45, 2.75) is 13.0 Å². The highest BCUT2D eigenvalue weighted by molar-refractivity contribution is 6.35. The molecule has 0 aliphatic heterocycles. The molecule has 2 rings (SSSR count). The van der Waals surface area contributed by atoms with Gasteiger partial charge in [-0.2, -0.15) is 0 Å². The molecular formula is C15H13Cl3N2O. The molecule has 1 aromatic heterocycles. The zero-order valence-electron chi connectivity index (χ0n) is 11.5. The molecule has 3 nitrogen and oxygen atoms in total. The van der Waals surface area contributed by atoms with E-state index >= 15 is 0 Å². The molecule has 0 bridgehead atoms. The van der Waals surface area contributed by atoms with E-state index in [1.54, 1.807) is 30.1 Å². The number of carbonyl (C=O) groups is 1. The van der Waals surface area contributed by atoms with Gasteiger partial charge in [-0.15, -0.1) is 0 Å². The zero-order valence-corrected chi connectivity index (χ0v) is 13.7. The van der Waals surface area contributed by atoms with Gasteiger partial charge in [0, 0.05) is 29.5 Å². The van der Waals surface area contributed by atoms with Gasteiger partial charge in [-0.3, -0.25) is 9.78 Å². The lowest BCUT2D eigenvalue weighted by Gasteiger charge is -2.26. The van der Waals surface area contributed by atoms with E-state index in [9.17, 15) is 4.79 Å². The minimum absolute atomic E-state index is 0.194. The molecule has 0 fully saturated rings. The highest BCUT2D eigenvalue weighted by atomic mass is 35.5. The molecule has 0 aliphatic carbocycles. The van der Waals surface area contributed by atoms with Crippen LogP contribution >= 0.6 is 34.8 Å². The fourth-order valence-electron chi connectivity index (χ4n) is 1.96. The third kappa shape index (κ3) is 3.49. The fraction of sp³-hybridized carbons (Fsp3) is 0.200. The first kappa shape index (κ1) is 16.1. The molecular weight excluding hydrogens is 331 g/mol. The van der Waals surface area contributed by atoms with Crippen molar-refractivity contribution in [2.75, 3.05) is 7.05 Å². The van der Waals surface area contributed by atoms with Crippen LogP contribution in [0.5, 0.6) is 0 Å². The Morgan fingerprint density at radius 2 is 1.90 bits per heavy atom. The molecule has 0 aliphatic rings. The molecule has 0 saturated carbocycles. The van der Waals surface area contributed by atoms with Gasteiger partial charge in [-0.1, -0.05) is 40.9 Å². The van der Waals surface area contributed by atoms with Gasteiger partial charge in [-0.25, -0.2) is 0 Å². The molecule has 110 valence electrons. The minimum Gasteiger partial charge on any atom is -0.335 e. The van der Waals surface area contributed by atoms with Gasteiger partial charge < -0.3 is 4.90 Å². The molecule has 0 N–H and O–H groups in total. The second-order valence-corrected chi connectivity index (χ2v) is 5.86. The highest BCUT2D eigenvalue weighted by Crippen LogP contribution is 2.30. The fourth-order valence-corrected chi connectivity index (χ4v) is 2.73. The molecule has 1 unspecified atom stereocenters. The highest BCUT2D eigenvalue weighted by Gasteiger charge is 2.22. The van der Waals surface area contributed by atoms with Crippen LogP contribution in [0, 0.1) is 0 Å². The smallest absolute Gasteiger partial charge is 0.255 e. The van der Waals surface area contributed by atoms with Gasteiger partial charge in [0.25, 0.3) is 5.91 Å². The number of benzene rings is 1. The number of hydrogen-bond acceptors (Lipinski definition) is 2. The van der Waals surface area contributed by atoms with Gasteiger partial charge in [-0.05, 0) is 30.7 Å². The molecule has 1 aromatic carbocycles. The van der Waals surface area contributed by atoms with Crippen LogP contribution in [-0.4, -0.2) is 22.8 Å². The largest absolute Gasteiger partial charge is 0.335 e. The van der Waals surface area contributed by atoms with E-state index in [0.29, 0.717) is 20.6 Å². The van der Waals surface area contributed by atoms with Crippen LogP contribution in [0.15, 0.2) is 36.7 Å². The first-order valence-electron chi connectivity index (χ1n) is 6.23. The van der Waals surface area contributed by atoms with E-state index in [1.807, 2.05) is 13.0 Å². The third-order valence-electron chi connectivity index (χ3n) is 3.32. The average molecular weight is 344 g/mol. The Hall–Kier alpha value is -1.29. The number of hydrogen-bond donors (Lipinski definition) is 0. The summed E-state index contributed by atoms with van der Waals surface area (Å²) >= 11 is 18.1. The van der Waals surface area contributed by atoms with Crippen LogP contribution in [0.2, 0.25) is 15.1 Å². The maximum Gasteiger partial charge on any atom is 0.255 e. The summed E-state index contributed by atoms with van der Waals surface area (Å²) in [5.41, 5.74) is 1.23. The van der Waals surface area contributed by atoms with E-state index in [2.05, 4.69) is 4.98 Å². The number of aromatic nitrogens is 1. The van der Waals surface area contributed by atoms with Crippen molar-refractivity contribution in [3.05, 3.63) is 62.9 Å². The number of rotatable bonds is 3. The monoisotopic (exact) mass is 342 g/mol. The van der Waals surface area contributed by atoms with E-state index in [4.69, 9.17) is 34.8 Å². The lowest BCUT2D eigenvalue weighted by Crippen LogP contribution is -2.30. The van der Waals surface area contributed by atoms with Gasteiger partial charge in [0.2, 0.25) is 0 Å². The summed E-state index contributed by atoms with van der Waals surface area (Å²) in [6.45, 7) is 1.89. The van der Waals surface area contributed by atoms with Gasteiger partial charge in [0.05, 0.1) is 16.6 Å². The SMILES string of the molecule is CC(c1ccc(Cl)cc1Cl)N(C)C(=O)c1ccncc1Cl. The van der Waals surface area contributed by atoms with E-state index in [0.717, 1.165) is 5.56 Å². The van der Waals surface area contributed by atoms with Crippen molar-refractivity contribution < 1.29 is 4.79 Å². The van der Waals surface area contributed by atoms with Crippen molar-refractivity contribution >= 4 is 40.7 Å². The van der Waals surface area contributed by atoms with Gasteiger partial charge in [0.15, 0.2) is 0 Å². The number of pyridine rings is 1. The lowest BCUT2D eigenvalue weighted by molar-refractivity contribution is 0.0743. The molecule has 0 spiro atoms. The van der Waals surface area contributed by atoms with Crippen molar-refractivity contribution in [1.82, 2.24) is 9.88 Å². The van der Waals surface area contributed by atoms with Crippen LogP contribution in [0.25, 0.3) is 0 Å². The second-order valence-electron chi connectivity index (χ2n) is 4.61. The summed E-state index contributed by atoms with van der Waals surface area (Å²) in [5.74, 6) is -0.194. The second kappa shape index (κ2) is 6.65. The zero-order chi connectivity index (χ0) is 15.6. The number of amides is 1. The Labute approximate surface area is 138 Å². The van der Waals surface area contributed by atoms with Crippen LogP contribution < -0.4 is 0 Å². The maximum atomic E-state index is 12.5. The van der Waals surface area contributed by atoms with Crippen LogP contribution in [-0.2, 0) is 0 Å². The number of carbonyl (C=O) groups excluding carboxylic acids is 1. The summed E-state index contributed by atoms with van der Waals surface area (Å²) in [4.78, 5) is 18.0. The molecule has 2 aromatic rings. The topological polar surface area (TPSA) is 33.2 Å². The first-order chi connectivity index (χ1) is 9.91. The Bertz CT molecular complexity index is 676. The van der Waals surface area contributed by atoms with Gasteiger partial charge in [0.1, 0.15) is 0 Å². The van der Waals surface area contributed by atoms with Crippen molar-refractivity contribution in [1.29, 1.82) is 0 Å². The van der Waals surface area contributed by atoms with Crippen LogP contribution in [0.4, 0.5) is 0 Å². The van der Waals surface area contributed by atoms with Gasteiger partial charge >= 0.3 is 0 Å². The lowest BCUT2D eigenvalue weighted by atomic mass is 10.1. The Balaban J connectivity index is 2.29. The van der Waals surface area contributed by atoms with Crippen LogP contribution in [0.3, 0.4) is 0 Å². The first-order valence-corrected chi connectivity index (χ1v) is 7.37. The predicted molar refractivity (Wildman–Crippen MR) is 86.2 cm³/mol. The quantitative estimate of drug-likeness (QED) is 0.796. The predicted octanol–water partition coefficient (Wildman–Crippen LogP) is 4.88. The molecule has 1 amide bonds. The average Bonchev–Trinajstić information content (AvgIpc) is 2.45. The van der Waals surface area contributed by atoms with Crippen molar-refractivity contribution in [3.63, 3.8) is 0 Å². The molecule has 1 atom stereocenters. The Kier molecular flexibility index (Phi) is 5.09. The summed E-state index contributed by atoms with van der Waals surface area (Å²) in [5, 5.41) is 1.40. The molecule has 0 radical (unpaired) electrons.